The first-order chi connectivity index (χ1) is 15.7. The third-order valence-electron chi connectivity index (χ3n) is 5.28. The van der Waals surface area contributed by atoms with Gasteiger partial charge in [-0.2, -0.15) is 5.26 Å². The minimum Gasteiger partial charge on any atom is -0.353 e. The van der Waals surface area contributed by atoms with Crippen molar-refractivity contribution in [1.29, 1.82) is 5.26 Å². The molecule has 1 aliphatic rings. The minimum absolute atomic E-state index is 0. The van der Waals surface area contributed by atoms with Gasteiger partial charge >= 0.3 is 0 Å². The summed E-state index contributed by atoms with van der Waals surface area (Å²) in [5.41, 5.74) is 4.68. The van der Waals surface area contributed by atoms with Gasteiger partial charge in [-0.1, -0.05) is 78.9 Å². The highest BCUT2D eigenvalue weighted by Gasteiger charge is 2.34. The quantitative estimate of drug-likeness (QED) is 0.436. The van der Waals surface area contributed by atoms with Crippen LogP contribution in [0.3, 0.4) is 0 Å². The van der Waals surface area contributed by atoms with Crippen LogP contribution in [0.25, 0.3) is 0 Å². The predicted octanol–water partition coefficient (Wildman–Crippen LogP) is 6.38. The zero-order valence-electron chi connectivity index (χ0n) is 18.1. The summed E-state index contributed by atoms with van der Waals surface area (Å²) in [5.74, 6) is 0.0555. The van der Waals surface area contributed by atoms with Crippen LogP contribution in [0, 0.1) is 11.3 Å². The Labute approximate surface area is 204 Å². The van der Waals surface area contributed by atoms with Crippen molar-refractivity contribution in [3.63, 3.8) is 0 Å². The smallest absolute Gasteiger partial charge is 0.255 e. The van der Waals surface area contributed by atoms with Gasteiger partial charge in [-0.25, -0.2) is 0 Å². The molecule has 1 amide bonds. The van der Waals surface area contributed by atoms with Crippen molar-refractivity contribution < 1.29 is 4.79 Å². The lowest BCUT2D eigenvalue weighted by atomic mass is 9.82. The number of halogens is 1. The number of nitrogens with zero attached hydrogens (tertiary/aromatic N) is 1. The zero-order valence-corrected chi connectivity index (χ0v) is 19.7. The maximum Gasteiger partial charge on any atom is 0.255 e. The van der Waals surface area contributed by atoms with Crippen LogP contribution in [-0.2, 0) is 10.5 Å². The van der Waals surface area contributed by atoms with E-state index in [1.165, 1.54) is 5.56 Å². The molecule has 1 aliphatic heterocycles. The molecule has 166 valence electrons. The van der Waals surface area contributed by atoms with Crippen molar-refractivity contribution in [1.82, 2.24) is 5.32 Å². The molecule has 1 heterocycles. The third kappa shape index (κ3) is 5.67. The van der Waals surface area contributed by atoms with Crippen LogP contribution >= 0.6 is 24.2 Å². The van der Waals surface area contributed by atoms with Gasteiger partial charge in [0.2, 0.25) is 0 Å². The van der Waals surface area contributed by atoms with E-state index in [4.69, 9.17) is 0 Å². The van der Waals surface area contributed by atoms with Crippen LogP contribution in [-0.4, -0.2) is 5.91 Å². The van der Waals surface area contributed by atoms with Crippen LogP contribution in [0.2, 0.25) is 0 Å². The summed E-state index contributed by atoms with van der Waals surface area (Å²) in [4.78, 5) is 13.6. The molecule has 0 saturated carbocycles. The number of nitrogens with one attached hydrogen (secondary N) is 2. The standard InChI is InChI=1S/C27H23N3OS.ClH/c1-19-23(17-28)24(21-13-7-3-8-14-21)25(26(31)30-22-15-9-4-10-16-22)27(29-19)32-18-20-11-5-2-6-12-20;/h2-16,24,29H,18H2,1H3,(H,30,31);1H. The number of hydrogen-bond acceptors (Lipinski definition) is 4. The molecule has 3 aromatic carbocycles. The van der Waals surface area contributed by atoms with E-state index in [0.29, 0.717) is 22.6 Å². The molecular formula is C27H24ClN3OS. The number of anilines is 1. The number of allylic oxidation sites excluding steroid dienone is 2. The number of benzene rings is 3. The summed E-state index contributed by atoms with van der Waals surface area (Å²) in [5, 5.41) is 17.1. The lowest BCUT2D eigenvalue weighted by Crippen LogP contribution is -2.30. The topological polar surface area (TPSA) is 64.9 Å². The van der Waals surface area contributed by atoms with E-state index in [0.717, 1.165) is 16.3 Å². The fourth-order valence-corrected chi connectivity index (χ4v) is 4.82. The van der Waals surface area contributed by atoms with Crippen molar-refractivity contribution in [3.05, 3.63) is 124 Å². The largest absolute Gasteiger partial charge is 0.353 e. The van der Waals surface area contributed by atoms with Crippen LogP contribution in [0.1, 0.15) is 24.0 Å². The highest BCUT2D eigenvalue weighted by atomic mass is 35.5. The van der Waals surface area contributed by atoms with Crippen LogP contribution < -0.4 is 10.6 Å². The van der Waals surface area contributed by atoms with Crippen molar-refractivity contribution in [3.8, 4) is 6.07 Å². The van der Waals surface area contributed by atoms with Crippen LogP contribution in [0.15, 0.2) is 113 Å². The summed E-state index contributed by atoms with van der Waals surface area (Å²) in [7, 11) is 0. The molecule has 0 fully saturated rings. The maximum atomic E-state index is 13.6. The van der Waals surface area contributed by atoms with E-state index in [-0.39, 0.29) is 18.3 Å². The molecular weight excluding hydrogens is 450 g/mol. The third-order valence-corrected chi connectivity index (χ3v) is 6.37. The molecule has 3 aromatic rings. The number of para-hydroxylation sites is 1. The minimum atomic E-state index is -0.440. The Morgan fingerprint density at radius 3 is 2.15 bits per heavy atom. The van der Waals surface area contributed by atoms with Gasteiger partial charge in [0.1, 0.15) is 0 Å². The highest BCUT2D eigenvalue weighted by molar-refractivity contribution is 8.02. The molecule has 0 radical (unpaired) electrons. The zero-order chi connectivity index (χ0) is 22.3. The Balaban J connectivity index is 0.00000306. The summed E-state index contributed by atoms with van der Waals surface area (Å²) < 4.78 is 0. The SMILES string of the molecule is CC1=C(C#N)C(c2ccccc2)C(C(=O)Nc2ccccc2)=C(SCc2ccccc2)N1.Cl. The number of carbonyl (C=O) groups is 1. The average Bonchev–Trinajstić information content (AvgIpc) is 2.84. The number of rotatable bonds is 6. The first-order valence-corrected chi connectivity index (χ1v) is 11.4. The number of carbonyl (C=O) groups excluding carboxylic acids is 1. The van der Waals surface area contributed by atoms with Gasteiger partial charge < -0.3 is 10.6 Å². The van der Waals surface area contributed by atoms with Gasteiger partial charge in [-0.3, -0.25) is 4.79 Å². The predicted molar refractivity (Wildman–Crippen MR) is 138 cm³/mol. The summed E-state index contributed by atoms with van der Waals surface area (Å²) in [6.45, 7) is 1.89. The highest BCUT2D eigenvalue weighted by Crippen LogP contribution is 2.41. The first kappa shape index (κ1) is 24.2. The first-order valence-electron chi connectivity index (χ1n) is 10.4. The molecule has 0 spiro atoms. The van der Waals surface area contributed by atoms with Gasteiger partial charge in [0.25, 0.3) is 5.91 Å². The maximum absolute atomic E-state index is 13.6. The second kappa shape index (κ2) is 11.4. The Kier molecular flexibility index (Phi) is 8.37. The van der Waals surface area contributed by atoms with E-state index in [1.54, 1.807) is 11.8 Å². The molecule has 4 nitrogen and oxygen atoms in total. The van der Waals surface area contributed by atoms with Gasteiger partial charge in [-0.15, -0.1) is 24.2 Å². The van der Waals surface area contributed by atoms with Crippen molar-refractivity contribution >= 4 is 35.8 Å². The molecule has 0 saturated heterocycles. The van der Waals surface area contributed by atoms with E-state index in [2.05, 4.69) is 28.8 Å². The number of nitriles is 1. The lowest BCUT2D eigenvalue weighted by Gasteiger charge is -2.30. The molecule has 1 unspecified atom stereocenters. The molecule has 6 heteroatoms. The molecule has 0 bridgehead atoms. The fourth-order valence-electron chi connectivity index (χ4n) is 3.72. The number of amides is 1. The average molecular weight is 474 g/mol. The Bertz CT molecular complexity index is 1200. The monoisotopic (exact) mass is 473 g/mol. The second-order valence-corrected chi connectivity index (χ2v) is 8.44. The van der Waals surface area contributed by atoms with Crippen LogP contribution in [0.4, 0.5) is 5.69 Å². The van der Waals surface area contributed by atoms with Crippen molar-refractivity contribution in [2.24, 2.45) is 0 Å². The number of dihydropyridines is 1. The normalized spacial score (nSPS) is 15.2. The van der Waals surface area contributed by atoms with Crippen LogP contribution in [0.5, 0.6) is 0 Å². The summed E-state index contributed by atoms with van der Waals surface area (Å²) in [6.07, 6.45) is 0. The second-order valence-electron chi connectivity index (χ2n) is 7.46. The Morgan fingerprint density at radius 1 is 0.970 bits per heavy atom. The Hall–Kier alpha value is -3.46. The van der Waals surface area contributed by atoms with Gasteiger partial charge in [0, 0.05) is 17.1 Å². The molecule has 1 atom stereocenters. The molecule has 33 heavy (non-hydrogen) atoms. The molecule has 0 aromatic heterocycles. The molecule has 2 N–H and O–H groups in total. The molecule has 4 rings (SSSR count). The van der Waals surface area contributed by atoms with E-state index >= 15 is 0 Å². The van der Waals surface area contributed by atoms with Crippen molar-refractivity contribution in [2.75, 3.05) is 5.32 Å². The number of hydrogen-bond donors (Lipinski definition) is 2. The lowest BCUT2D eigenvalue weighted by molar-refractivity contribution is -0.113. The van der Waals surface area contributed by atoms with Gasteiger partial charge in [-0.05, 0) is 30.2 Å². The fraction of sp³-hybridized carbons (Fsp3) is 0.111. The van der Waals surface area contributed by atoms with E-state index < -0.39 is 5.92 Å². The molecule has 0 aliphatic carbocycles. The number of thioether (sulfide) groups is 1. The summed E-state index contributed by atoms with van der Waals surface area (Å²) >= 11 is 1.58. The van der Waals surface area contributed by atoms with Gasteiger partial charge in [0.15, 0.2) is 0 Å². The van der Waals surface area contributed by atoms with Gasteiger partial charge in [0.05, 0.1) is 28.2 Å². The van der Waals surface area contributed by atoms with E-state index in [9.17, 15) is 10.1 Å². The van der Waals surface area contributed by atoms with Crippen molar-refractivity contribution in [2.45, 2.75) is 18.6 Å². The Morgan fingerprint density at radius 2 is 1.55 bits per heavy atom. The summed E-state index contributed by atoms with van der Waals surface area (Å²) in [6, 6.07) is 31.6. The van der Waals surface area contributed by atoms with E-state index in [1.807, 2.05) is 85.8 Å².